The zero-order valence-corrected chi connectivity index (χ0v) is 15.9. The first-order valence-electron chi connectivity index (χ1n) is 9.40. The van der Waals surface area contributed by atoms with Crippen molar-refractivity contribution in [3.8, 4) is 0 Å². The normalized spacial score (nSPS) is 20.7. The minimum atomic E-state index is 0.0842. The van der Waals surface area contributed by atoms with Crippen molar-refractivity contribution >= 4 is 5.91 Å². The Morgan fingerprint density at radius 2 is 1.81 bits per heavy atom. The summed E-state index contributed by atoms with van der Waals surface area (Å²) in [6, 6.07) is 19.5. The van der Waals surface area contributed by atoms with Gasteiger partial charge in [-0.05, 0) is 37.0 Å². The number of hydrazine groups is 1. The number of carbonyl (C=O) groups excluding carboxylic acids is 1. The van der Waals surface area contributed by atoms with E-state index in [0.29, 0.717) is 18.5 Å². The standard InChI is InChI=1S/C22H29N3O/c1-16-9-7-8-12-20(16)21(18-10-5-4-6-11-18)14-22(26)25(3)15-19-13-17(2)23-24-19/h4-12,17,19,21,23-24H,13-15H2,1-3H3. The molecule has 0 aliphatic carbocycles. The van der Waals surface area contributed by atoms with Gasteiger partial charge in [-0.25, -0.2) is 0 Å². The molecule has 0 bridgehead atoms. The van der Waals surface area contributed by atoms with Crippen LogP contribution >= 0.6 is 0 Å². The fraction of sp³-hybridized carbons (Fsp3) is 0.409. The van der Waals surface area contributed by atoms with Crippen LogP contribution in [0.5, 0.6) is 0 Å². The number of rotatable bonds is 6. The van der Waals surface area contributed by atoms with Crippen LogP contribution in [0.1, 0.15) is 42.4 Å². The van der Waals surface area contributed by atoms with Crippen LogP contribution in [0.3, 0.4) is 0 Å². The second-order valence-corrected chi connectivity index (χ2v) is 7.42. The smallest absolute Gasteiger partial charge is 0.223 e. The van der Waals surface area contributed by atoms with Gasteiger partial charge in [-0.3, -0.25) is 15.6 Å². The number of nitrogens with zero attached hydrogens (tertiary/aromatic N) is 1. The molecule has 1 saturated heterocycles. The average Bonchev–Trinajstić information content (AvgIpc) is 3.05. The molecule has 0 saturated carbocycles. The summed E-state index contributed by atoms with van der Waals surface area (Å²) in [5.41, 5.74) is 10.2. The van der Waals surface area contributed by atoms with Crippen molar-refractivity contribution < 1.29 is 4.79 Å². The first kappa shape index (κ1) is 18.6. The SMILES string of the molecule is Cc1ccccc1C(CC(=O)N(C)CC1CC(C)NN1)c1ccccc1. The molecule has 4 heteroatoms. The lowest BCUT2D eigenvalue weighted by molar-refractivity contribution is -0.130. The Balaban J connectivity index is 1.75. The maximum atomic E-state index is 13.0. The van der Waals surface area contributed by atoms with Gasteiger partial charge in [-0.15, -0.1) is 0 Å². The molecule has 1 fully saturated rings. The largest absolute Gasteiger partial charge is 0.344 e. The Morgan fingerprint density at radius 3 is 2.46 bits per heavy atom. The van der Waals surface area contributed by atoms with Crippen molar-refractivity contribution in [2.24, 2.45) is 0 Å². The molecular weight excluding hydrogens is 322 g/mol. The Morgan fingerprint density at radius 1 is 1.12 bits per heavy atom. The van der Waals surface area contributed by atoms with Crippen molar-refractivity contribution in [2.45, 2.75) is 44.7 Å². The van der Waals surface area contributed by atoms with Crippen LogP contribution in [0.2, 0.25) is 0 Å². The van der Waals surface area contributed by atoms with Gasteiger partial charge in [0.15, 0.2) is 0 Å². The minimum absolute atomic E-state index is 0.0842. The Hall–Kier alpha value is -2.17. The number of likely N-dealkylation sites (N-methyl/N-ethyl adjacent to an activating group) is 1. The second kappa shape index (κ2) is 8.47. The molecule has 1 aliphatic heterocycles. The van der Waals surface area contributed by atoms with E-state index in [1.165, 1.54) is 16.7 Å². The van der Waals surface area contributed by atoms with E-state index < -0.39 is 0 Å². The van der Waals surface area contributed by atoms with E-state index >= 15 is 0 Å². The van der Waals surface area contributed by atoms with Gasteiger partial charge < -0.3 is 4.90 Å². The molecule has 3 atom stereocenters. The topological polar surface area (TPSA) is 44.4 Å². The van der Waals surface area contributed by atoms with E-state index in [0.717, 1.165) is 13.0 Å². The predicted octanol–water partition coefficient (Wildman–Crippen LogP) is 3.23. The highest BCUT2D eigenvalue weighted by molar-refractivity contribution is 5.77. The maximum absolute atomic E-state index is 13.0. The van der Waals surface area contributed by atoms with Gasteiger partial charge >= 0.3 is 0 Å². The molecule has 1 amide bonds. The average molecular weight is 351 g/mol. The monoisotopic (exact) mass is 351 g/mol. The van der Waals surface area contributed by atoms with E-state index in [2.05, 4.69) is 61.1 Å². The van der Waals surface area contributed by atoms with E-state index in [4.69, 9.17) is 0 Å². The number of amides is 1. The van der Waals surface area contributed by atoms with Crippen molar-refractivity contribution in [1.29, 1.82) is 0 Å². The lowest BCUT2D eigenvalue weighted by atomic mass is 9.85. The van der Waals surface area contributed by atoms with E-state index in [-0.39, 0.29) is 11.8 Å². The molecule has 1 aliphatic rings. The quantitative estimate of drug-likeness (QED) is 0.840. The molecule has 26 heavy (non-hydrogen) atoms. The highest BCUT2D eigenvalue weighted by Gasteiger charge is 2.25. The molecule has 2 aromatic rings. The number of carbonyl (C=O) groups is 1. The highest BCUT2D eigenvalue weighted by atomic mass is 16.2. The van der Waals surface area contributed by atoms with Gasteiger partial charge in [0.25, 0.3) is 0 Å². The van der Waals surface area contributed by atoms with Crippen LogP contribution in [0, 0.1) is 6.92 Å². The summed E-state index contributed by atoms with van der Waals surface area (Å²) in [6.07, 6.45) is 1.53. The molecule has 3 unspecified atom stereocenters. The van der Waals surface area contributed by atoms with Crippen LogP contribution < -0.4 is 10.9 Å². The minimum Gasteiger partial charge on any atom is -0.344 e. The van der Waals surface area contributed by atoms with Crippen molar-refractivity contribution in [2.75, 3.05) is 13.6 Å². The number of hydrogen-bond donors (Lipinski definition) is 2. The van der Waals surface area contributed by atoms with E-state index in [9.17, 15) is 4.79 Å². The molecule has 0 aromatic heterocycles. The summed E-state index contributed by atoms with van der Waals surface area (Å²) < 4.78 is 0. The van der Waals surface area contributed by atoms with Crippen molar-refractivity contribution in [3.05, 3.63) is 71.3 Å². The second-order valence-electron chi connectivity index (χ2n) is 7.42. The Labute approximate surface area is 156 Å². The molecular formula is C22H29N3O. The van der Waals surface area contributed by atoms with Gasteiger partial charge in [-0.2, -0.15) is 0 Å². The fourth-order valence-corrected chi connectivity index (χ4v) is 3.76. The summed E-state index contributed by atoms with van der Waals surface area (Å²) in [4.78, 5) is 14.8. The number of nitrogens with one attached hydrogen (secondary N) is 2. The van der Waals surface area contributed by atoms with Crippen molar-refractivity contribution in [1.82, 2.24) is 15.8 Å². The van der Waals surface area contributed by atoms with Crippen molar-refractivity contribution in [3.63, 3.8) is 0 Å². The van der Waals surface area contributed by atoms with Gasteiger partial charge in [0.05, 0.1) is 0 Å². The summed E-state index contributed by atoms with van der Waals surface area (Å²) in [7, 11) is 1.91. The maximum Gasteiger partial charge on any atom is 0.223 e. The van der Waals surface area contributed by atoms with Crippen LogP contribution in [0.15, 0.2) is 54.6 Å². The third-order valence-corrected chi connectivity index (χ3v) is 5.24. The fourth-order valence-electron chi connectivity index (χ4n) is 3.76. The zero-order valence-electron chi connectivity index (χ0n) is 15.9. The molecule has 2 aromatic carbocycles. The molecule has 2 N–H and O–H groups in total. The molecule has 4 nitrogen and oxygen atoms in total. The first-order valence-corrected chi connectivity index (χ1v) is 9.40. The summed E-state index contributed by atoms with van der Waals surface area (Å²) in [5, 5.41) is 0. The summed E-state index contributed by atoms with van der Waals surface area (Å²) in [6.45, 7) is 5.00. The van der Waals surface area contributed by atoms with Gasteiger partial charge in [0.2, 0.25) is 5.91 Å². The third-order valence-electron chi connectivity index (χ3n) is 5.24. The van der Waals surface area contributed by atoms with Gasteiger partial charge in [0, 0.05) is 38.0 Å². The predicted molar refractivity (Wildman–Crippen MR) is 106 cm³/mol. The first-order chi connectivity index (χ1) is 12.5. The lowest BCUT2D eigenvalue weighted by Crippen LogP contribution is -2.41. The molecule has 0 radical (unpaired) electrons. The Kier molecular flexibility index (Phi) is 6.07. The van der Waals surface area contributed by atoms with Crippen LogP contribution in [-0.4, -0.2) is 36.5 Å². The van der Waals surface area contributed by atoms with Crippen LogP contribution in [-0.2, 0) is 4.79 Å². The highest BCUT2D eigenvalue weighted by Crippen LogP contribution is 2.30. The zero-order chi connectivity index (χ0) is 18.5. The van der Waals surface area contributed by atoms with Gasteiger partial charge in [0.1, 0.15) is 0 Å². The number of aryl methyl sites for hydroxylation is 1. The Bertz CT molecular complexity index is 731. The molecule has 3 rings (SSSR count). The van der Waals surface area contributed by atoms with Crippen LogP contribution in [0.25, 0.3) is 0 Å². The summed E-state index contributed by atoms with van der Waals surface area (Å²) >= 11 is 0. The number of hydrogen-bond acceptors (Lipinski definition) is 3. The molecule has 0 spiro atoms. The molecule has 138 valence electrons. The lowest BCUT2D eigenvalue weighted by Gasteiger charge is -2.25. The number of benzene rings is 2. The van der Waals surface area contributed by atoms with Gasteiger partial charge in [-0.1, -0.05) is 54.6 Å². The third kappa shape index (κ3) is 4.51. The van der Waals surface area contributed by atoms with E-state index in [1.807, 2.05) is 30.1 Å². The summed E-state index contributed by atoms with van der Waals surface area (Å²) in [5.74, 6) is 0.268. The molecule has 1 heterocycles. The van der Waals surface area contributed by atoms with E-state index in [1.54, 1.807) is 0 Å². The van der Waals surface area contributed by atoms with Crippen LogP contribution in [0.4, 0.5) is 0 Å².